The largest absolute Gasteiger partial charge is 0.492 e. The first-order valence-corrected chi connectivity index (χ1v) is 11.3. The maximum atomic E-state index is 6.30. The summed E-state index contributed by atoms with van der Waals surface area (Å²) in [7, 11) is 0. The maximum absolute atomic E-state index is 6.30. The van der Waals surface area contributed by atoms with Gasteiger partial charge in [0.05, 0.1) is 0 Å². The highest BCUT2D eigenvalue weighted by Gasteiger charge is 2.24. The molecule has 0 aliphatic carbocycles. The van der Waals surface area contributed by atoms with Crippen LogP contribution < -0.4 is 9.47 Å². The lowest BCUT2D eigenvalue weighted by atomic mass is 9.98. The number of fused-ring (bicyclic) bond motifs is 1. The summed E-state index contributed by atoms with van der Waals surface area (Å²) in [5, 5.41) is 2.79. The van der Waals surface area contributed by atoms with Crippen molar-refractivity contribution in [1.29, 1.82) is 0 Å². The molecule has 0 aromatic heterocycles. The normalized spacial score (nSPS) is 19.7. The summed E-state index contributed by atoms with van der Waals surface area (Å²) in [6.07, 6.45) is 3.93. The van der Waals surface area contributed by atoms with Crippen LogP contribution in [0.25, 0.3) is 10.8 Å². The molecule has 1 heterocycles. The molecule has 0 bridgehead atoms. The van der Waals surface area contributed by atoms with Crippen molar-refractivity contribution in [3.8, 4) is 11.5 Å². The van der Waals surface area contributed by atoms with Gasteiger partial charge in [0.2, 0.25) is 0 Å². The van der Waals surface area contributed by atoms with Crippen molar-refractivity contribution in [2.45, 2.75) is 51.8 Å². The minimum absolute atomic E-state index is 0.509. The van der Waals surface area contributed by atoms with Crippen molar-refractivity contribution >= 4 is 22.4 Å². The molecule has 4 heteroatoms. The van der Waals surface area contributed by atoms with Crippen LogP contribution in [-0.4, -0.2) is 30.1 Å². The predicted molar refractivity (Wildman–Crippen MR) is 125 cm³/mol. The average molecular weight is 424 g/mol. The van der Waals surface area contributed by atoms with Gasteiger partial charge in [0.25, 0.3) is 0 Å². The molecule has 3 aromatic carbocycles. The summed E-state index contributed by atoms with van der Waals surface area (Å²) in [6.45, 7) is 6.87. The molecule has 2 atom stereocenters. The Bertz CT molecular complexity index is 962. The smallest absolute Gasteiger partial charge is 0.127 e. The van der Waals surface area contributed by atoms with E-state index in [1.165, 1.54) is 19.3 Å². The van der Waals surface area contributed by atoms with Gasteiger partial charge in [0.15, 0.2) is 0 Å². The van der Waals surface area contributed by atoms with Crippen molar-refractivity contribution in [1.82, 2.24) is 4.90 Å². The molecule has 3 nitrogen and oxygen atoms in total. The highest BCUT2D eigenvalue weighted by atomic mass is 35.5. The van der Waals surface area contributed by atoms with E-state index in [1.54, 1.807) is 0 Å². The molecule has 0 amide bonds. The second kappa shape index (κ2) is 9.72. The molecule has 158 valence electrons. The molecule has 1 aliphatic rings. The Morgan fingerprint density at radius 3 is 2.30 bits per heavy atom. The molecule has 2 unspecified atom stereocenters. The van der Waals surface area contributed by atoms with Crippen LogP contribution in [0.2, 0.25) is 5.02 Å². The highest BCUT2D eigenvalue weighted by molar-refractivity contribution is 6.35. The topological polar surface area (TPSA) is 21.7 Å². The SMILES string of the molecule is CC1CCCC(C)N1CCOc1ccc(COc2ccc(Cl)c3ccccc23)cc1. The first kappa shape index (κ1) is 21.0. The summed E-state index contributed by atoms with van der Waals surface area (Å²) in [5.41, 5.74) is 1.11. The van der Waals surface area contributed by atoms with Crippen molar-refractivity contribution in [2.24, 2.45) is 0 Å². The zero-order valence-corrected chi connectivity index (χ0v) is 18.6. The van der Waals surface area contributed by atoms with Crippen LogP contribution in [0.4, 0.5) is 0 Å². The lowest BCUT2D eigenvalue weighted by Crippen LogP contribution is -2.45. The monoisotopic (exact) mass is 423 g/mol. The van der Waals surface area contributed by atoms with E-state index in [2.05, 4.69) is 30.9 Å². The minimum atomic E-state index is 0.509. The average Bonchev–Trinajstić information content (AvgIpc) is 2.76. The first-order chi connectivity index (χ1) is 14.6. The van der Waals surface area contributed by atoms with E-state index in [4.69, 9.17) is 21.1 Å². The van der Waals surface area contributed by atoms with E-state index in [0.717, 1.165) is 46.0 Å². The summed E-state index contributed by atoms with van der Waals surface area (Å²) < 4.78 is 12.1. The molecule has 0 N–H and O–H groups in total. The van der Waals surface area contributed by atoms with Crippen LogP contribution in [0.1, 0.15) is 38.7 Å². The first-order valence-electron chi connectivity index (χ1n) is 10.9. The number of piperidine rings is 1. The van der Waals surface area contributed by atoms with Crippen LogP contribution >= 0.6 is 11.6 Å². The Balaban J connectivity index is 1.31. The van der Waals surface area contributed by atoms with E-state index in [1.807, 2.05) is 48.5 Å². The summed E-state index contributed by atoms with van der Waals surface area (Å²) in [5.74, 6) is 1.76. The van der Waals surface area contributed by atoms with Gasteiger partial charge >= 0.3 is 0 Å². The molecule has 0 spiro atoms. The minimum Gasteiger partial charge on any atom is -0.492 e. The number of benzene rings is 3. The van der Waals surface area contributed by atoms with Gasteiger partial charge in [-0.15, -0.1) is 0 Å². The predicted octanol–water partition coefficient (Wildman–Crippen LogP) is 6.71. The molecule has 4 rings (SSSR count). The molecular weight excluding hydrogens is 394 g/mol. The second-order valence-electron chi connectivity index (χ2n) is 8.24. The van der Waals surface area contributed by atoms with E-state index in [-0.39, 0.29) is 0 Å². The van der Waals surface area contributed by atoms with Crippen LogP contribution in [0, 0.1) is 0 Å². The third-order valence-corrected chi connectivity index (χ3v) is 6.47. The van der Waals surface area contributed by atoms with Gasteiger partial charge in [-0.2, -0.15) is 0 Å². The highest BCUT2D eigenvalue weighted by Crippen LogP contribution is 2.31. The number of hydrogen-bond acceptors (Lipinski definition) is 3. The molecular formula is C26H30ClNO2. The standard InChI is InChI=1S/C26H30ClNO2/c1-19-6-5-7-20(2)28(19)16-17-29-22-12-10-21(11-13-22)18-30-26-15-14-25(27)23-8-3-4-9-24(23)26/h3-4,8-15,19-20H,5-7,16-18H2,1-2H3. The number of ether oxygens (including phenoxy) is 2. The van der Waals surface area contributed by atoms with Gasteiger partial charge in [0.1, 0.15) is 24.7 Å². The Labute approximate surface area is 184 Å². The third-order valence-electron chi connectivity index (χ3n) is 6.14. The van der Waals surface area contributed by atoms with E-state index in [9.17, 15) is 0 Å². The molecule has 1 saturated heterocycles. The fourth-order valence-corrected chi connectivity index (χ4v) is 4.62. The van der Waals surface area contributed by atoms with Gasteiger partial charge in [-0.1, -0.05) is 54.4 Å². The van der Waals surface area contributed by atoms with E-state index < -0.39 is 0 Å². The van der Waals surface area contributed by atoms with Crippen LogP contribution in [0.5, 0.6) is 11.5 Å². The Hall–Kier alpha value is -2.23. The van der Waals surface area contributed by atoms with Crippen molar-refractivity contribution in [3.05, 3.63) is 71.2 Å². The van der Waals surface area contributed by atoms with Crippen molar-refractivity contribution < 1.29 is 9.47 Å². The number of halogens is 1. The molecule has 30 heavy (non-hydrogen) atoms. The number of likely N-dealkylation sites (tertiary alicyclic amines) is 1. The molecule has 0 saturated carbocycles. The van der Waals surface area contributed by atoms with Crippen LogP contribution in [0.15, 0.2) is 60.7 Å². The zero-order valence-electron chi connectivity index (χ0n) is 17.8. The maximum Gasteiger partial charge on any atom is 0.127 e. The molecule has 0 radical (unpaired) electrons. The van der Waals surface area contributed by atoms with Gasteiger partial charge in [-0.05, 0) is 56.5 Å². The van der Waals surface area contributed by atoms with Gasteiger partial charge in [-0.25, -0.2) is 0 Å². The number of nitrogens with zero attached hydrogens (tertiary/aromatic N) is 1. The van der Waals surface area contributed by atoms with Crippen molar-refractivity contribution in [3.63, 3.8) is 0 Å². The second-order valence-corrected chi connectivity index (χ2v) is 8.65. The Kier molecular flexibility index (Phi) is 6.81. The van der Waals surface area contributed by atoms with E-state index in [0.29, 0.717) is 18.7 Å². The Morgan fingerprint density at radius 1 is 0.867 bits per heavy atom. The fourth-order valence-electron chi connectivity index (χ4n) is 4.39. The molecule has 3 aromatic rings. The quantitative estimate of drug-likeness (QED) is 0.421. The number of hydrogen-bond donors (Lipinski definition) is 0. The molecule has 1 aliphatic heterocycles. The van der Waals surface area contributed by atoms with Gasteiger partial charge in [-0.3, -0.25) is 4.90 Å². The Morgan fingerprint density at radius 2 is 1.57 bits per heavy atom. The fraction of sp³-hybridized carbons (Fsp3) is 0.385. The van der Waals surface area contributed by atoms with Gasteiger partial charge < -0.3 is 9.47 Å². The summed E-state index contributed by atoms with van der Waals surface area (Å²) >= 11 is 6.30. The zero-order chi connectivity index (χ0) is 20.9. The number of rotatable bonds is 7. The summed E-state index contributed by atoms with van der Waals surface area (Å²) in [4.78, 5) is 2.57. The third kappa shape index (κ3) is 4.91. The lowest BCUT2D eigenvalue weighted by molar-refractivity contribution is 0.0851. The van der Waals surface area contributed by atoms with Gasteiger partial charge in [0, 0.05) is 34.4 Å². The summed E-state index contributed by atoms with van der Waals surface area (Å²) in [6, 6.07) is 21.4. The van der Waals surface area contributed by atoms with Crippen molar-refractivity contribution in [2.75, 3.05) is 13.2 Å². The lowest BCUT2D eigenvalue weighted by Gasteiger charge is -2.38. The van der Waals surface area contributed by atoms with E-state index >= 15 is 0 Å². The van der Waals surface area contributed by atoms with Crippen LogP contribution in [-0.2, 0) is 6.61 Å². The molecule has 1 fully saturated rings. The van der Waals surface area contributed by atoms with Crippen LogP contribution in [0.3, 0.4) is 0 Å².